The zero-order chi connectivity index (χ0) is 19.7. The Hall–Kier alpha value is -1.55. The number of nitrogens with zero attached hydrogens (tertiary/aromatic N) is 4. The van der Waals surface area contributed by atoms with Crippen LogP contribution in [0.1, 0.15) is 23.1 Å². The van der Waals surface area contributed by atoms with Crippen molar-refractivity contribution in [2.45, 2.75) is 25.6 Å². The van der Waals surface area contributed by atoms with Crippen molar-refractivity contribution in [3.05, 3.63) is 46.2 Å². The second kappa shape index (κ2) is 8.06. The van der Waals surface area contributed by atoms with Gasteiger partial charge in [-0.3, -0.25) is 0 Å². The lowest BCUT2D eigenvalue weighted by Crippen LogP contribution is -2.46. The van der Waals surface area contributed by atoms with Gasteiger partial charge in [-0.15, -0.1) is 11.3 Å². The largest absolute Gasteiger partial charge is 0.346 e. The zero-order valence-corrected chi connectivity index (χ0v) is 17.6. The molecule has 152 valence electrons. The molecule has 0 unspecified atom stereocenters. The summed E-state index contributed by atoms with van der Waals surface area (Å²) in [6.07, 6.45) is 0.642. The van der Waals surface area contributed by atoms with Gasteiger partial charge in [0.05, 0.1) is 11.4 Å². The van der Waals surface area contributed by atoms with Crippen molar-refractivity contribution in [3.63, 3.8) is 0 Å². The van der Waals surface area contributed by atoms with E-state index in [9.17, 15) is 12.8 Å². The van der Waals surface area contributed by atoms with Crippen LogP contribution in [0.2, 0.25) is 0 Å². The first-order valence-electron chi connectivity index (χ1n) is 9.63. The van der Waals surface area contributed by atoms with E-state index in [4.69, 9.17) is 4.98 Å². The Kier molecular flexibility index (Phi) is 5.69. The van der Waals surface area contributed by atoms with E-state index in [0.717, 1.165) is 48.4 Å². The lowest BCUT2D eigenvalue weighted by atomic mass is 10.2. The molecule has 2 aromatic rings. The summed E-state index contributed by atoms with van der Waals surface area (Å²) in [6, 6.07) is 5.66. The standard InChI is InChI=1S/C19H25FN4O2S2/c1-2-22-9-11-23(12-10-22)19-21-17-7-8-24(13-18(17)27-19)28(25,26)14-15-3-5-16(20)6-4-15/h3-6H,2,7-14H2,1H3. The van der Waals surface area contributed by atoms with Crippen LogP contribution >= 0.6 is 11.3 Å². The highest BCUT2D eigenvalue weighted by Crippen LogP contribution is 2.32. The number of anilines is 1. The predicted molar refractivity (Wildman–Crippen MR) is 110 cm³/mol. The van der Waals surface area contributed by atoms with Crippen LogP contribution in [0.3, 0.4) is 0 Å². The molecule has 1 aromatic heterocycles. The molecule has 0 atom stereocenters. The van der Waals surface area contributed by atoms with Crippen LogP contribution in [0, 0.1) is 5.82 Å². The van der Waals surface area contributed by atoms with Crippen LogP contribution < -0.4 is 4.90 Å². The fourth-order valence-corrected chi connectivity index (χ4v) is 6.42. The quantitative estimate of drug-likeness (QED) is 0.737. The van der Waals surface area contributed by atoms with E-state index < -0.39 is 10.0 Å². The molecule has 0 saturated carbocycles. The van der Waals surface area contributed by atoms with Crippen LogP contribution in [-0.4, -0.2) is 61.9 Å². The van der Waals surface area contributed by atoms with Crippen molar-refractivity contribution in [1.82, 2.24) is 14.2 Å². The summed E-state index contributed by atoms with van der Waals surface area (Å²) >= 11 is 1.62. The average Bonchev–Trinajstić information content (AvgIpc) is 3.13. The zero-order valence-electron chi connectivity index (χ0n) is 16.0. The minimum absolute atomic E-state index is 0.104. The molecule has 2 aliphatic heterocycles. The lowest BCUT2D eigenvalue weighted by Gasteiger charge is -2.33. The molecule has 1 aromatic carbocycles. The summed E-state index contributed by atoms with van der Waals surface area (Å²) in [6.45, 7) is 8.09. The number of rotatable bonds is 5. The first-order chi connectivity index (χ1) is 13.4. The average molecular weight is 425 g/mol. The number of hydrogen-bond donors (Lipinski definition) is 0. The molecule has 9 heteroatoms. The Morgan fingerprint density at radius 3 is 2.50 bits per heavy atom. The van der Waals surface area contributed by atoms with E-state index in [-0.39, 0.29) is 11.6 Å². The Bertz CT molecular complexity index is 922. The van der Waals surface area contributed by atoms with E-state index in [1.807, 2.05) is 0 Å². The monoisotopic (exact) mass is 424 g/mol. The number of benzene rings is 1. The first-order valence-corrected chi connectivity index (χ1v) is 12.1. The molecule has 0 N–H and O–H groups in total. The van der Waals surface area contributed by atoms with Gasteiger partial charge in [-0.1, -0.05) is 19.1 Å². The predicted octanol–water partition coefficient (Wildman–Crippen LogP) is 2.31. The second-order valence-corrected chi connectivity index (χ2v) is 10.3. The molecule has 1 fully saturated rings. The van der Waals surface area contributed by atoms with Crippen molar-refractivity contribution >= 4 is 26.5 Å². The van der Waals surface area contributed by atoms with E-state index in [1.54, 1.807) is 11.3 Å². The summed E-state index contributed by atoms with van der Waals surface area (Å²) < 4.78 is 40.3. The van der Waals surface area contributed by atoms with Crippen LogP contribution in [0.5, 0.6) is 0 Å². The molecule has 0 amide bonds. The Balaban J connectivity index is 1.44. The fourth-order valence-electron chi connectivity index (χ4n) is 3.67. The molecule has 6 nitrogen and oxygen atoms in total. The highest BCUT2D eigenvalue weighted by atomic mass is 32.2. The number of fused-ring (bicyclic) bond motifs is 1. The third kappa shape index (κ3) is 4.22. The number of halogens is 1. The number of piperazine rings is 1. The summed E-state index contributed by atoms with van der Waals surface area (Å²) in [5.74, 6) is -0.464. The minimum Gasteiger partial charge on any atom is -0.346 e. The summed E-state index contributed by atoms with van der Waals surface area (Å²) in [7, 11) is -3.45. The van der Waals surface area contributed by atoms with Crippen molar-refractivity contribution in [2.75, 3.05) is 44.2 Å². The Morgan fingerprint density at radius 1 is 1.11 bits per heavy atom. The lowest BCUT2D eigenvalue weighted by molar-refractivity contribution is 0.271. The smallest absolute Gasteiger partial charge is 0.218 e. The van der Waals surface area contributed by atoms with Gasteiger partial charge in [0.1, 0.15) is 5.82 Å². The molecule has 2 aliphatic rings. The van der Waals surface area contributed by atoms with Crippen molar-refractivity contribution in [3.8, 4) is 0 Å². The molecule has 0 spiro atoms. The molecule has 28 heavy (non-hydrogen) atoms. The van der Waals surface area contributed by atoms with Gasteiger partial charge < -0.3 is 9.80 Å². The minimum atomic E-state index is -3.45. The van der Waals surface area contributed by atoms with Gasteiger partial charge >= 0.3 is 0 Å². The van der Waals surface area contributed by atoms with Crippen LogP contribution in [0.25, 0.3) is 0 Å². The molecule has 1 saturated heterocycles. The van der Waals surface area contributed by atoms with Crippen LogP contribution in [0.15, 0.2) is 24.3 Å². The number of thiazole rings is 1. The number of hydrogen-bond acceptors (Lipinski definition) is 6. The summed E-state index contributed by atoms with van der Waals surface area (Å²) in [4.78, 5) is 10.6. The van der Waals surface area contributed by atoms with Crippen molar-refractivity contribution in [1.29, 1.82) is 0 Å². The van der Waals surface area contributed by atoms with Gasteiger partial charge in [-0.05, 0) is 24.2 Å². The van der Waals surface area contributed by atoms with Crippen molar-refractivity contribution in [2.24, 2.45) is 0 Å². The number of aromatic nitrogens is 1. The van der Waals surface area contributed by atoms with Gasteiger partial charge in [0.2, 0.25) is 10.0 Å². The van der Waals surface area contributed by atoms with E-state index in [0.29, 0.717) is 25.1 Å². The number of likely N-dealkylation sites (N-methyl/N-ethyl adjacent to an activating group) is 1. The molecule has 3 heterocycles. The maximum absolute atomic E-state index is 13.1. The second-order valence-electron chi connectivity index (χ2n) is 7.25. The van der Waals surface area contributed by atoms with E-state index in [1.165, 1.54) is 28.6 Å². The van der Waals surface area contributed by atoms with E-state index in [2.05, 4.69) is 16.7 Å². The van der Waals surface area contributed by atoms with Crippen molar-refractivity contribution < 1.29 is 12.8 Å². The maximum Gasteiger partial charge on any atom is 0.218 e. The highest BCUT2D eigenvalue weighted by molar-refractivity contribution is 7.88. The molecule has 0 radical (unpaired) electrons. The fraction of sp³-hybridized carbons (Fsp3) is 0.526. The third-order valence-electron chi connectivity index (χ3n) is 5.43. The van der Waals surface area contributed by atoms with Gasteiger partial charge in [-0.25, -0.2) is 17.8 Å². The van der Waals surface area contributed by atoms with Gasteiger partial charge in [0, 0.05) is 50.6 Å². The first kappa shape index (κ1) is 19.8. The van der Waals surface area contributed by atoms with Crippen LogP contribution in [0.4, 0.5) is 9.52 Å². The molecular formula is C19H25FN4O2S2. The van der Waals surface area contributed by atoms with E-state index >= 15 is 0 Å². The summed E-state index contributed by atoms with van der Waals surface area (Å²) in [5.41, 5.74) is 1.64. The van der Waals surface area contributed by atoms with Gasteiger partial charge in [0.15, 0.2) is 5.13 Å². The normalized spacial score (nSPS) is 19.0. The SMILES string of the molecule is CCN1CCN(c2nc3c(s2)CN(S(=O)(=O)Cc2ccc(F)cc2)CC3)CC1. The molecule has 0 bridgehead atoms. The Labute approximate surface area is 169 Å². The maximum atomic E-state index is 13.1. The third-order valence-corrected chi connectivity index (χ3v) is 8.37. The van der Waals surface area contributed by atoms with Gasteiger partial charge in [0.25, 0.3) is 0 Å². The highest BCUT2D eigenvalue weighted by Gasteiger charge is 2.30. The summed E-state index contributed by atoms with van der Waals surface area (Å²) in [5, 5.41) is 1.01. The Morgan fingerprint density at radius 2 is 1.82 bits per heavy atom. The molecular weight excluding hydrogens is 399 g/mol. The molecule has 4 rings (SSSR count). The number of sulfonamides is 1. The molecule has 0 aliphatic carbocycles. The van der Waals surface area contributed by atoms with Crippen LogP contribution in [-0.2, 0) is 28.7 Å². The topological polar surface area (TPSA) is 56.8 Å². The van der Waals surface area contributed by atoms with Gasteiger partial charge in [-0.2, -0.15) is 4.31 Å².